The SMILES string of the molecule is CCOP(=O)(CC(O)CC)OCC. The van der Waals surface area contributed by atoms with Crippen LogP contribution in [0.1, 0.15) is 27.2 Å². The molecule has 0 aliphatic heterocycles. The summed E-state index contributed by atoms with van der Waals surface area (Å²) >= 11 is 0. The summed E-state index contributed by atoms with van der Waals surface area (Å²) in [4.78, 5) is 0. The molecular formula is C8H19O4P. The first-order valence-electron chi connectivity index (χ1n) is 4.64. The van der Waals surface area contributed by atoms with E-state index in [9.17, 15) is 9.67 Å². The standard InChI is InChI=1S/C8H19O4P/c1-4-8(9)7-13(10,11-5-2)12-6-3/h8-9H,4-7H2,1-3H3. The first-order chi connectivity index (χ1) is 6.08. The van der Waals surface area contributed by atoms with Gasteiger partial charge in [0, 0.05) is 0 Å². The van der Waals surface area contributed by atoms with Crippen molar-refractivity contribution < 1.29 is 18.7 Å². The topological polar surface area (TPSA) is 55.8 Å². The van der Waals surface area contributed by atoms with Crippen molar-refractivity contribution in [3.63, 3.8) is 0 Å². The van der Waals surface area contributed by atoms with Crippen LogP contribution in [0.3, 0.4) is 0 Å². The van der Waals surface area contributed by atoms with Gasteiger partial charge in [0.05, 0.1) is 25.5 Å². The van der Waals surface area contributed by atoms with Gasteiger partial charge in [-0.05, 0) is 20.3 Å². The molecule has 0 spiro atoms. The number of rotatable bonds is 7. The van der Waals surface area contributed by atoms with Gasteiger partial charge in [-0.3, -0.25) is 4.57 Å². The van der Waals surface area contributed by atoms with Crippen LogP contribution in [0, 0.1) is 0 Å². The first kappa shape index (κ1) is 13.1. The fraction of sp³-hybridized carbons (Fsp3) is 1.00. The third-order valence-corrected chi connectivity index (χ3v) is 3.73. The van der Waals surface area contributed by atoms with Crippen LogP contribution in [0.2, 0.25) is 0 Å². The van der Waals surface area contributed by atoms with Gasteiger partial charge in [-0.25, -0.2) is 0 Å². The van der Waals surface area contributed by atoms with Gasteiger partial charge in [-0.15, -0.1) is 0 Å². The van der Waals surface area contributed by atoms with Gasteiger partial charge in [-0.2, -0.15) is 0 Å². The van der Waals surface area contributed by atoms with Crippen molar-refractivity contribution in [3.05, 3.63) is 0 Å². The minimum Gasteiger partial charge on any atom is -0.392 e. The number of hydrogen-bond acceptors (Lipinski definition) is 4. The largest absolute Gasteiger partial charge is 0.392 e. The van der Waals surface area contributed by atoms with E-state index in [-0.39, 0.29) is 6.16 Å². The predicted octanol–water partition coefficient (Wildman–Crippen LogP) is 2.02. The van der Waals surface area contributed by atoms with Crippen LogP contribution in [0.4, 0.5) is 0 Å². The van der Waals surface area contributed by atoms with Crippen molar-refractivity contribution in [1.82, 2.24) is 0 Å². The van der Waals surface area contributed by atoms with Gasteiger partial charge in [0.25, 0.3) is 0 Å². The lowest BCUT2D eigenvalue weighted by atomic mass is 10.3. The van der Waals surface area contributed by atoms with Crippen molar-refractivity contribution in [3.8, 4) is 0 Å². The average molecular weight is 210 g/mol. The Bertz CT molecular complexity index is 162. The van der Waals surface area contributed by atoms with Crippen LogP contribution >= 0.6 is 7.60 Å². The van der Waals surface area contributed by atoms with Crippen molar-refractivity contribution in [2.75, 3.05) is 19.4 Å². The van der Waals surface area contributed by atoms with E-state index >= 15 is 0 Å². The molecule has 0 fully saturated rings. The van der Waals surface area contributed by atoms with E-state index in [1.165, 1.54) is 0 Å². The molecule has 0 amide bonds. The third-order valence-electron chi connectivity index (χ3n) is 1.56. The molecule has 1 atom stereocenters. The maximum atomic E-state index is 11.8. The maximum absolute atomic E-state index is 11.8. The average Bonchev–Trinajstić information content (AvgIpc) is 2.04. The van der Waals surface area contributed by atoms with Crippen LogP contribution in [0.15, 0.2) is 0 Å². The van der Waals surface area contributed by atoms with Crippen molar-refractivity contribution in [1.29, 1.82) is 0 Å². The van der Waals surface area contributed by atoms with E-state index in [0.717, 1.165) is 0 Å². The molecule has 13 heavy (non-hydrogen) atoms. The van der Waals surface area contributed by atoms with Crippen molar-refractivity contribution in [2.24, 2.45) is 0 Å². The Morgan fingerprint density at radius 1 is 1.23 bits per heavy atom. The molecule has 0 saturated carbocycles. The quantitative estimate of drug-likeness (QED) is 0.653. The van der Waals surface area contributed by atoms with E-state index in [2.05, 4.69) is 0 Å². The van der Waals surface area contributed by atoms with E-state index in [1.807, 2.05) is 6.92 Å². The highest BCUT2D eigenvalue weighted by molar-refractivity contribution is 7.53. The Kier molecular flexibility index (Phi) is 6.60. The van der Waals surface area contributed by atoms with Crippen LogP contribution in [0.5, 0.6) is 0 Å². The minimum atomic E-state index is -3.04. The second kappa shape index (κ2) is 6.55. The minimum absolute atomic E-state index is 0.0885. The summed E-state index contributed by atoms with van der Waals surface area (Å²) in [6, 6.07) is 0. The number of aliphatic hydroxyl groups excluding tert-OH is 1. The van der Waals surface area contributed by atoms with Gasteiger partial charge < -0.3 is 14.2 Å². The molecule has 0 radical (unpaired) electrons. The summed E-state index contributed by atoms with van der Waals surface area (Å²) in [6.45, 7) is 6.02. The molecule has 0 aromatic carbocycles. The van der Waals surface area contributed by atoms with Crippen molar-refractivity contribution >= 4 is 7.60 Å². The smallest absolute Gasteiger partial charge is 0.333 e. The van der Waals surface area contributed by atoms with Crippen LogP contribution < -0.4 is 0 Å². The van der Waals surface area contributed by atoms with Crippen LogP contribution in [-0.2, 0) is 13.6 Å². The Morgan fingerprint density at radius 2 is 1.69 bits per heavy atom. The van der Waals surface area contributed by atoms with Gasteiger partial charge in [-0.1, -0.05) is 6.92 Å². The molecule has 0 aliphatic carbocycles. The summed E-state index contributed by atoms with van der Waals surface area (Å²) in [6.07, 6.45) is 0.0407. The zero-order valence-corrected chi connectivity index (χ0v) is 9.42. The van der Waals surface area contributed by atoms with Gasteiger partial charge in [0.15, 0.2) is 0 Å². The Labute approximate surface area is 79.8 Å². The lowest BCUT2D eigenvalue weighted by Crippen LogP contribution is -2.14. The molecule has 4 nitrogen and oxygen atoms in total. The summed E-state index contributed by atoms with van der Waals surface area (Å²) in [5.41, 5.74) is 0. The summed E-state index contributed by atoms with van der Waals surface area (Å²) < 4.78 is 21.8. The molecular weight excluding hydrogens is 191 g/mol. The molecule has 0 aliphatic rings. The highest BCUT2D eigenvalue weighted by atomic mass is 31.2. The molecule has 0 aromatic rings. The molecule has 0 saturated heterocycles. The van der Waals surface area contributed by atoms with E-state index < -0.39 is 13.7 Å². The predicted molar refractivity (Wildman–Crippen MR) is 52.0 cm³/mol. The second-order valence-corrected chi connectivity index (χ2v) is 4.79. The molecule has 80 valence electrons. The summed E-state index contributed by atoms with van der Waals surface area (Å²) in [5.74, 6) is 0. The molecule has 1 unspecified atom stereocenters. The zero-order valence-electron chi connectivity index (χ0n) is 8.52. The van der Waals surface area contributed by atoms with Crippen LogP contribution in [0.25, 0.3) is 0 Å². The number of hydrogen-bond donors (Lipinski definition) is 1. The zero-order chi connectivity index (χ0) is 10.3. The summed E-state index contributed by atoms with van der Waals surface area (Å²) in [5, 5.41) is 9.31. The first-order valence-corrected chi connectivity index (χ1v) is 6.37. The Hall–Kier alpha value is 0.110. The fourth-order valence-corrected chi connectivity index (χ4v) is 2.77. The molecule has 1 N–H and O–H groups in total. The normalized spacial score (nSPS) is 14.5. The van der Waals surface area contributed by atoms with E-state index in [4.69, 9.17) is 9.05 Å². The molecule has 5 heteroatoms. The Balaban J connectivity index is 4.14. The van der Waals surface area contributed by atoms with Crippen LogP contribution in [-0.4, -0.2) is 30.6 Å². The lowest BCUT2D eigenvalue weighted by molar-refractivity contribution is 0.166. The highest BCUT2D eigenvalue weighted by Gasteiger charge is 2.26. The highest BCUT2D eigenvalue weighted by Crippen LogP contribution is 2.48. The second-order valence-electron chi connectivity index (χ2n) is 2.69. The number of aliphatic hydroxyl groups is 1. The van der Waals surface area contributed by atoms with Gasteiger partial charge in [0.2, 0.25) is 0 Å². The van der Waals surface area contributed by atoms with E-state index in [0.29, 0.717) is 19.6 Å². The maximum Gasteiger partial charge on any atom is 0.333 e. The monoisotopic (exact) mass is 210 g/mol. The lowest BCUT2D eigenvalue weighted by Gasteiger charge is -2.19. The third kappa shape index (κ3) is 5.42. The van der Waals surface area contributed by atoms with Gasteiger partial charge in [0.1, 0.15) is 0 Å². The van der Waals surface area contributed by atoms with E-state index in [1.54, 1.807) is 13.8 Å². The fourth-order valence-electron chi connectivity index (χ4n) is 0.923. The molecule has 0 heterocycles. The summed E-state index contributed by atoms with van der Waals surface area (Å²) in [7, 11) is -3.04. The molecule has 0 bridgehead atoms. The van der Waals surface area contributed by atoms with Gasteiger partial charge >= 0.3 is 7.60 Å². The molecule has 0 aromatic heterocycles. The molecule has 0 rings (SSSR count). The Morgan fingerprint density at radius 3 is 2.00 bits per heavy atom. The van der Waals surface area contributed by atoms with Crippen molar-refractivity contribution in [2.45, 2.75) is 33.3 Å².